The Morgan fingerprint density at radius 2 is 1.00 bits per heavy atom. The van der Waals surface area contributed by atoms with Gasteiger partial charge in [-0.25, -0.2) is 0 Å². The Morgan fingerprint density at radius 3 is 1.00 bits per heavy atom. The van der Waals surface area contributed by atoms with Crippen LogP contribution in [0.5, 0.6) is 0 Å². The molecule has 0 N–H and O–H groups in total. The second-order valence-corrected chi connectivity index (χ2v) is 0. The third kappa shape index (κ3) is 8.90. The van der Waals surface area contributed by atoms with Crippen molar-refractivity contribution in [3.8, 4) is 0 Å². The van der Waals surface area contributed by atoms with Gasteiger partial charge in [-0.15, -0.1) is 0 Å². The summed E-state index contributed by atoms with van der Waals surface area (Å²) in [5.74, 6) is 0. The standard InChI is InChI=1S/Al.Mo.Ni.Sm.3H. The second kappa shape index (κ2) is 16.6. The van der Waals surface area contributed by atoms with Crippen molar-refractivity contribution in [3.63, 3.8) is 0 Å². The van der Waals surface area contributed by atoms with E-state index in [0.717, 1.165) is 0 Å². The monoisotopic (exact) mass is 338 g/mol. The topological polar surface area (TPSA) is 0 Å². The first kappa shape index (κ1) is 27.7. The van der Waals surface area contributed by atoms with Crippen LogP contribution >= 0.6 is 0 Å². The van der Waals surface area contributed by atoms with Crippen LogP contribution in [0.25, 0.3) is 0 Å². The summed E-state index contributed by atoms with van der Waals surface area (Å²) in [5.41, 5.74) is 0. The van der Waals surface area contributed by atoms with Crippen LogP contribution in [0, 0.1) is 40.4 Å². The molecule has 0 amide bonds. The first-order chi connectivity index (χ1) is 0. The van der Waals surface area contributed by atoms with Gasteiger partial charge in [0.05, 0.1) is 0 Å². The minimum absolute atomic E-state index is 0. The molecule has 4 heavy (non-hydrogen) atoms. The molecule has 0 unspecified atom stereocenters. The van der Waals surface area contributed by atoms with Gasteiger partial charge in [0, 0.05) is 77.9 Å². The maximum absolute atomic E-state index is 0. The van der Waals surface area contributed by atoms with Crippen LogP contribution in [0.1, 0.15) is 0 Å². The molecule has 0 aromatic rings. The summed E-state index contributed by atoms with van der Waals surface area (Å²) in [4.78, 5) is 0. The van der Waals surface area contributed by atoms with Gasteiger partial charge >= 0.3 is 0 Å². The average molecular weight is 335 g/mol. The first-order valence-corrected chi connectivity index (χ1v) is 0. The Bertz CT molecular complexity index is 8.00. The Balaban J connectivity index is 0. The summed E-state index contributed by atoms with van der Waals surface area (Å²) in [6.45, 7) is 0. The van der Waals surface area contributed by atoms with E-state index >= 15 is 0 Å². The van der Waals surface area contributed by atoms with Crippen LogP contribution in [-0.2, 0) is 37.6 Å². The van der Waals surface area contributed by atoms with Gasteiger partial charge in [-0.2, -0.15) is 0 Å². The maximum atomic E-state index is 0. The molecule has 0 aliphatic heterocycles. The van der Waals surface area contributed by atoms with E-state index < -0.39 is 0 Å². The van der Waals surface area contributed by atoms with E-state index in [1.165, 1.54) is 0 Å². The summed E-state index contributed by atoms with van der Waals surface area (Å²) in [7, 11) is 0. The molecule has 0 aromatic carbocycles. The van der Waals surface area contributed by atoms with E-state index in [0.29, 0.717) is 0 Å². The van der Waals surface area contributed by atoms with Crippen LogP contribution in [0.2, 0.25) is 0 Å². The minimum atomic E-state index is 0. The molecule has 0 saturated carbocycles. The van der Waals surface area contributed by atoms with Gasteiger partial charge in [0.2, 0.25) is 0 Å². The third-order valence-electron chi connectivity index (χ3n) is 0. The van der Waals surface area contributed by atoms with Crippen molar-refractivity contribution in [1.29, 1.82) is 0 Å². The van der Waals surface area contributed by atoms with Crippen molar-refractivity contribution in [2.75, 3.05) is 0 Å². The summed E-state index contributed by atoms with van der Waals surface area (Å²) in [5, 5.41) is 0. The fourth-order valence-corrected chi connectivity index (χ4v) is 0. The van der Waals surface area contributed by atoms with Gasteiger partial charge in [0.25, 0.3) is 0 Å². The first-order valence-electron chi connectivity index (χ1n) is 0. The summed E-state index contributed by atoms with van der Waals surface area (Å²) in [6.07, 6.45) is 0. The van der Waals surface area contributed by atoms with Crippen molar-refractivity contribution in [3.05, 3.63) is 0 Å². The third-order valence-corrected chi connectivity index (χ3v) is 0. The molecule has 0 saturated heterocycles. The van der Waals surface area contributed by atoms with E-state index in [4.69, 9.17) is 0 Å². The van der Waals surface area contributed by atoms with Gasteiger partial charge in [0.15, 0.2) is 17.4 Å². The number of hydrogen-bond acceptors (Lipinski definition) is 0. The van der Waals surface area contributed by atoms with E-state index in [1.54, 1.807) is 0 Å². The summed E-state index contributed by atoms with van der Waals surface area (Å²) in [6, 6.07) is 0. The van der Waals surface area contributed by atoms with Crippen LogP contribution < -0.4 is 0 Å². The molecule has 4 heteroatoms. The van der Waals surface area contributed by atoms with Gasteiger partial charge < -0.3 is 0 Å². The zero-order valence-electron chi connectivity index (χ0n) is 1.13. The zero-order valence-corrected chi connectivity index (χ0v) is 6.75. The normalized spacial score (nSPS) is 0. The van der Waals surface area contributed by atoms with Crippen LogP contribution in [0.4, 0.5) is 0 Å². The molecule has 0 aliphatic rings. The van der Waals surface area contributed by atoms with Crippen molar-refractivity contribution in [1.82, 2.24) is 0 Å². The fraction of sp³-hybridized carbons (Fsp3) is 0. The zero-order chi connectivity index (χ0) is 0. The molecule has 0 bridgehead atoms. The molecule has 0 heterocycles. The number of hydrogen-bond donors (Lipinski definition) is 0. The molecule has 0 radical (unpaired) electrons. The van der Waals surface area contributed by atoms with E-state index in [-0.39, 0.29) is 95.3 Å². The van der Waals surface area contributed by atoms with Crippen molar-refractivity contribution >= 4 is 17.4 Å². The van der Waals surface area contributed by atoms with Gasteiger partial charge in [-0.1, -0.05) is 0 Å². The Hall–Kier alpha value is 3.05. The molecule has 0 spiro atoms. The van der Waals surface area contributed by atoms with Gasteiger partial charge in [-0.3, -0.25) is 0 Å². The van der Waals surface area contributed by atoms with E-state index in [1.807, 2.05) is 0 Å². The Morgan fingerprint density at radius 1 is 1.00 bits per heavy atom. The largest absolute Gasteiger partial charge is 0.187 e. The van der Waals surface area contributed by atoms with Crippen molar-refractivity contribution in [2.24, 2.45) is 0 Å². The Labute approximate surface area is 93.3 Å². The number of rotatable bonds is 0. The molecule has 0 atom stereocenters. The quantitative estimate of drug-likeness (QED) is 0.489. The SMILES string of the molecule is [AlH3].[Mo].[Ni].[Sm]. The van der Waals surface area contributed by atoms with Crippen molar-refractivity contribution in [2.45, 2.75) is 0 Å². The molecule has 0 fully saturated rings. The van der Waals surface area contributed by atoms with E-state index in [2.05, 4.69) is 0 Å². The molecule has 0 rings (SSSR count). The van der Waals surface area contributed by atoms with Crippen molar-refractivity contribution < 1.29 is 77.9 Å². The van der Waals surface area contributed by atoms with Gasteiger partial charge in [0.1, 0.15) is 0 Å². The smallest absolute Gasteiger partial charge is 0 e. The predicted octanol–water partition coefficient (Wildman–Crippen LogP) is -1.19. The Kier molecular flexibility index (Phi) is 115. The predicted molar refractivity (Wildman–Crippen MR) is 9.94 cm³/mol. The molecule has 28 valence electrons. The molecular formula is H3AlMoNiSm. The molecule has 0 aromatic heterocycles. The van der Waals surface area contributed by atoms with Crippen LogP contribution in [0.3, 0.4) is 0 Å². The minimum Gasteiger partial charge on any atom is 0 e. The summed E-state index contributed by atoms with van der Waals surface area (Å²) < 4.78 is 0. The molecule has 0 nitrogen and oxygen atoms in total. The summed E-state index contributed by atoms with van der Waals surface area (Å²) >= 11 is 0. The average Bonchev–Trinajstić information content (AvgIpc) is 0. The fourth-order valence-electron chi connectivity index (χ4n) is 0. The van der Waals surface area contributed by atoms with E-state index in [9.17, 15) is 0 Å². The van der Waals surface area contributed by atoms with Gasteiger partial charge in [-0.05, 0) is 0 Å². The second-order valence-electron chi connectivity index (χ2n) is 0. The molecule has 0 aliphatic carbocycles. The van der Waals surface area contributed by atoms with Crippen LogP contribution in [-0.4, -0.2) is 17.4 Å². The molecular weight excluding hydrogens is 332 g/mol. The maximum Gasteiger partial charge on any atom is 0.187 e. The van der Waals surface area contributed by atoms with Crippen LogP contribution in [0.15, 0.2) is 0 Å².